The van der Waals surface area contributed by atoms with Gasteiger partial charge < -0.3 is 0 Å². The van der Waals surface area contributed by atoms with E-state index in [1.807, 2.05) is 0 Å². The van der Waals surface area contributed by atoms with Gasteiger partial charge in [0.15, 0.2) is 0 Å². The minimum Gasteiger partial charge on any atom is -0.165 e. The molecule has 0 unspecified atom stereocenters. The number of rotatable bonds is 1. The van der Waals surface area contributed by atoms with Gasteiger partial charge in [0.25, 0.3) is 0 Å². The smallest absolute Gasteiger partial charge is 0.165 e. The van der Waals surface area contributed by atoms with Crippen LogP contribution < -0.4 is 0 Å². The molecule has 1 aromatic rings. The highest BCUT2D eigenvalue weighted by Gasteiger charge is 2.33. The van der Waals surface area contributed by atoms with Gasteiger partial charge in [-0.1, -0.05) is 0 Å². The molecule has 0 spiro atoms. The fourth-order valence-electron chi connectivity index (χ4n) is 0.792. The Kier molecular flexibility index (Phi) is 2.68. The number of alkyl halides is 4. The van der Waals surface area contributed by atoms with Crippen LogP contribution in [0.5, 0.6) is 0 Å². The van der Waals surface area contributed by atoms with Gasteiger partial charge >= 0.3 is 6.18 Å². The van der Waals surface area contributed by atoms with Crippen molar-refractivity contribution in [1.82, 2.24) is 0 Å². The number of hydrogen-bond acceptors (Lipinski definition) is 1. The number of aryl methyl sites for hydroxylation is 1. The minimum absolute atomic E-state index is 0.145. The molecule has 12 heavy (non-hydrogen) atoms. The predicted molar refractivity (Wildman–Crippen MR) is 43.6 cm³/mol. The predicted octanol–water partition coefficient (Wildman–Crippen LogP) is 3.81. The van der Waals surface area contributed by atoms with Crippen molar-refractivity contribution in [3.8, 4) is 0 Å². The molecular weight excluding hydrogens is 209 g/mol. The summed E-state index contributed by atoms with van der Waals surface area (Å²) in [6.07, 6.45) is -4.24. The lowest BCUT2D eigenvalue weighted by Gasteiger charge is -2.00. The Bertz CT molecular complexity index is 277. The number of hydrogen-bond donors (Lipinski definition) is 0. The van der Waals surface area contributed by atoms with Crippen molar-refractivity contribution in [2.75, 3.05) is 0 Å². The summed E-state index contributed by atoms with van der Waals surface area (Å²) in [7, 11) is 0. The third kappa shape index (κ3) is 1.93. The van der Waals surface area contributed by atoms with E-state index in [1.165, 1.54) is 0 Å². The third-order valence-electron chi connectivity index (χ3n) is 1.42. The summed E-state index contributed by atoms with van der Waals surface area (Å²) in [4.78, 5) is 0.0136. The standard InChI is InChI=1S/C7H6ClF3S/c1-4-2-6(7(9,10)11)12-5(4)3-8/h2H,3H2,1H3. The van der Waals surface area contributed by atoms with Gasteiger partial charge in [0.2, 0.25) is 0 Å². The maximum absolute atomic E-state index is 12.1. The molecule has 0 nitrogen and oxygen atoms in total. The molecule has 1 aromatic heterocycles. The molecule has 0 fully saturated rings. The van der Waals surface area contributed by atoms with Gasteiger partial charge in [-0.25, -0.2) is 0 Å². The van der Waals surface area contributed by atoms with Gasteiger partial charge in [0.05, 0.1) is 5.88 Å². The Labute approximate surface area is 77.0 Å². The van der Waals surface area contributed by atoms with Crippen molar-refractivity contribution >= 4 is 22.9 Å². The van der Waals surface area contributed by atoms with Crippen molar-refractivity contribution in [2.45, 2.75) is 19.0 Å². The molecule has 0 saturated carbocycles. The van der Waals surface area contributed by atoms with Crippen molar-refractivity contribution in [3.05, 3.63) is 21.4 Å². The first-order valence-corrected chi connectivity index (χ1v) is 4.52. The molecule has 0 saturated heterocycles. The SMILES string of the molecule is Cc1cc(C(F)(F)F)sc1CCl. The molecule has 0 aromatic carbocycles. The van der Waals surface area contributed by atoms with Gasteiger partial charge in [-0.3, -0.25) is 0 Å². The molecule has 0 aliphatic rings. The van der Waals surface area contributed by atoms with Gasteiger partial charge in [0, 0.05) is 4.88 Å². The molecule has 5 heteroatoms. The van der Waals surface area contributed by atoms with Crippen molar-refractivity contribution < 1.29 is 13.2 Å². The zero-order chi connectivity index (χ0) is 9.35. The summed E-state index contributed by atoms with van der Waals surface area (Å²) >= 11 is 6.15. The van der Waals surface area contributed by atoms with Crippen molar-refractivity contribution in [3.63, 3.8) is 0 Å². The molecular formula is C7H6ClF3S. The minimum atomic E-state index is -4.24. The van der Waals surface area contributed by atoms with E-state index in [2.05, 4.69) is 0 Å². The molecule has 0 amide bonds. The fraction of sp³-hybridized carbons (Fsp3) is 0.429. The Balaban J connectivity index is 3.05. The second-order valence-corrected chi connectivity index (χ2v) is 3.75. The van der Waals surface area contributed by atoms with Crippen LogP contribution in [0, 0.1) is 6.92 Å². The summed E-state index contributed by atoms with van der Waals surface area (Å²) in [6.45, 7) is 1.63. The summed E-state index contributed by atoms with van der Waals surface area (Å²) < 4.78 is 36.3. The van der Waals surface area contributed by atoms with Gasteiger partial charge in [-0.2, -0.15) is 13.2 Å². The summed E-state index contributed by atoms with van der Waals surface area (Å²) in [5.74, 6) is 0.145. The third-order valence-corrected chi connectivity index (χ3v) is 3.13. The monoisotopic (exact) mass is 214 g/mol. The topological polar surface area (TPSA) is 0 Å². The first kappa shape index (κ1) is 9.86. The van der Waals surface area contributed by atoms with Crippen LogP contribution in [-0.2, 0) is 12.1 Å². The van der Waals surface area contributed by atoms with E-state index < -0.39 is 11.1 Å². The van der Waals surface area contributed by atoms with Crippen molar-refractivity contribution in [2.24, 2.45) is 0 Å². The molecule has 0 N–H and O–H groups in total. The van der Waals surface area contributed by atoms with Crippen LogP contribution in [0.3, 0.4) is 0 Å². The molecule has 0 bridgehead atoms. The molecule has 0 radical (unpaired) electrons. The number of halogens is 4. The normalized spacial score (nSPS) is 12.1. The highest BCUT2D eigenvalue weighted by atomic mass is 35.5. The molecule has 0 aliphatic heterocycles. The van der Waals surface area contributed by atoms with Gasteiger partial charge in [-0.05, 0) is 18.6 Å². The van der Waals surface area contributed by atoms with E-state index >= 15 is 0 Å². The Hall–Kier alpha value is -0.220. The summed E-state index contributed by atoms with van der Waals surface area (Å²) in [5, 5.41) is 0. The lowest BCUT2D eigenvalue weighted by atomic mass is 10.3. The van der Waals surface area contributed by atoms with Gasteiger partial charge in [0.1, 0.15) is 4.88 Å². The quantitative estimate of drug-likeness (QED) is 0.624. The first-order chi connectivity index (χ1) is 5.45. The number of thiophene rings is 1. The maximum atomic E-state index is 12.1. The van der Waals surface area contributed by atoms with E-state index in [0.29, 0.717) is 21.8 Å². The average molecular weight is 215 g/mol. The Morgan fingerprint density at radius 2 is 2.08 bits per heavy atom. The second kappa shape index (κ2) is 3.26. The zero-order valence-electron chi connectivity index (χ0n) is 6.20. The molecule has 1 rings (SSSR count). The van der Waals surface area contributed by atoms with Crippen LogP contribution in [0.15, 0.2) is 6.07 Å². The average Bonchev–Trinajstić information content (AvgIpc) is 2.29. The van der Waals surface area contributed by atoms with E-state index in [9.17, 15) is 13.2 Å². The van der Waals surface area contributed by atoms with E-state index in [0.717, 1.165) is 6.07 Å². The second-order valence-electron chi connectivity index (χ2n) is 2.35. The maximum Gasteiger partial charge on any atom is 0.425 e. The van der Waals surface area contributed by atoms with E-state index in [-0.39, 0.29) is 5.88 Å². The lowest BCUT2D eigenvalue weighted by Crippen LogP contribution is -2.00. The van der Waals surface area contributed by atoms with Crippen LogP contribution in [0.1, 0.15) is 15.3 Å². The fourth-order valence-corrected chi connectivity index (χ4v) is 2.06. The van der Waals surface area contributed by atoms with E-state index in [1.54, 1.807) is 6.92 Å². The van der Waals surface area contributed by atoms with Gasteiger partial charge in [-0.15, -0.1) is 22.9 Å². The summed E-state index contributed by atoms with van der Waals surface area (Å²) in [5.41, 5.74) is 0.613. The molecule has 0 atom stereocenters. The van der Waals surface area contributed by atoms with Crippen LogP contribution in [0.25, 0.3) is 0 Å². The Morgan fingerprint density at radius 3 is 2.33 bits per heavy atom. The Morgan fingerprint density at radius 1 is 1.50 bits per heavy atom. The highest BCUT2D eigenvalue weighted by molar-refractivity contribution is 7.12. The van der Waals surface area contributed by atoms with Crippen LogP contribution in [-0.4, -0.2) is 0 Å². The van der Waals surface area contributed by atoms with Crippen molar-refractivity contribution in [1.29, 1.82) is 0 Å². The zero-order valence-corrected chi connectivity index (χ0v) is 7.78. The van der Waals surface area contributed by atoms with Crippen LogP contribution in [0.2, 0.25) is 0 Å². The largest absolute Gasteiger partial charge is 0.425 e. The summed E-state index contributed by atoms with van der Waals surface area (Å²) in [6, 6.07) is 1.13. The van der Waals surface area contributed by atoms with E-state index in [4.69, 9.17) is 11.6 Å². The lowest BCUT2D eigenvalue weighted by molar-refractivity contribution is -0.134. The molecule has 1 heterocycles. The molecule has 0 aliphatic carbocycles. The van der Waals surface area contributed by atoms with Crippen LogP contribution >= 0.6 is 22.9 Å². The highest BCUT2D eigenvalue weighted by Crippen LogP contribution is 2.36. The molecule has 68 valence electrons. The van der Waals surface area contributed by atoms with Crippen LogP contribution in [0.4, 0.5) is 13.2 Å². The first-order valence-electron chi connectivity index (χ1n) is 3.17.